The Kier molecular flexibility index (Phi) is 4.61. The van der Waals surface area contributed by atoms with Crippen LogP contribution < -0.4 is 0 Å². The van der Waals surface area contributed by atoms with Gasteiger partial charge in [-0.3, -0.25) is 0 Å². The van der Waals surface area contributed by atoms with Crippen molar-refractivity contribution in [2.45, 2.75) is 0 Å². The normalized spacial score (nSPS) is 10.5. The van der Waals surface area contributed by atoms with Crippen molar-refractivity contribution in [3.8, 4) is 19.5 Å². The van der Waals surface area contributed by atoms with Crippen molar-refractivity contribution in [2.24, 2.45) is 0 Å². The third-order valence-electron chi connectivity index (χ3n) is 3.18. The minimum atomic E-state index is -0.534. The lowest BCUT2D eigenvalue weighted by molar-refractivity contribution is 0.0558. The van der Waals surface area contributed by atoms with Gasteiger partial charge in [0.25, 0.3) is 0 Å². The average molecular weight is 364 g/mol. The van der Waals surface area contributed by atoms with E-state index in [4.69, 9.17) is 9.47 Å². The quantitative estimate of drug-likeness (QED) is 0.625. The van der Waals surface area contributed by atoms with Gasteiger partial charge >= 0.3 is 11.9 Å². The number of carbonyl (C=O) groups is 2. The molecule has 0 atom stereocenters. The first kappa shape index (κ1) is 15.9. The van der Waals surface area contributed by atoms with Gasteiger partial charge in [-0.1, -0.05) is 12.1 Å². The van der Waals surface area contributed by atoms with E-state index in [1.54, 1.807) is 0 Å². The Labute approximate surface area is 144 Å². The minimum Gasteiger partial charge on any atom is -0.465 e. The number of thiophene rings is 3. The van der Waals surface area contributed by atoms with Gasteiger partial charge < -0.3 is 9.47 Å². The molecule has 3 aromatic heterocycles. The second kappa shape index (κ2) is 6.66. The highest BCUT2D eigenvalue weighted by molar-refractivity contribution is 7.26. The van der Waals surface area contributed by atoms with E-state index in [9.17, 15) is 9.59 Å². The lowest BCUT2D eigenvalue weighted by Gasteiger charge is -2.04. The topological polar surface area (TPSA) is 52.6 Å². The maximum absolute atomic E-state index is 12.3. The highest BCUT2D eigenvalue weighted by atomic mass is 32.1. The van der Waals surface area contributed by atoms with Crippen LogP contribution in [0.15, 0.2) is 35.0 Å². The van der Waals surface area contributed by atoms with Gasteiger partial charge in [-0.05, 0) is 22.9 Å². The molecule has 0 amide bonds. The molecule has 23 heavy (non-hydrogen) atoms. The molecule has 7 heteroatoms. The largest absolute Gasteiger partial charge is 0.465 e. The number of esters is 2. The minimum absolute atomic E-state index is 0.273. The summed E-state index contributed by atoms with van der Waals surface area (Å²) in [6, 6.07) is 7.65. The summed E-state index contributed by atoms with van der Waals surface area (Å²) in [6.07, 6.45) is 0. The highest BCUT2D eigenvalue weighted by Gasteiger charge is 2.31. The van der Waals surface area contributed by atoms with Gasteiger partial charge in [0, 0.05) is 9.75 Å². The number of rotatable bonds is 4. The summed E-state index contributed by atoms with van der Waals surface area (Å²) in [7, 11) is 2.62. The maximum Gasteiger partial charge on any atom is 0.340 e. The number of hydrogen-bond acceptors (Lipinski definition) is 7. The monoisotopic (exact) mass is 364 g/mol. The Balaban J connectivity index is 2.33. The smallest absolute Gasteiger partial charge is 0.340 e. The van der Waals surface area contributed by atoms with Gasteiger partial charge in [-0.15, -0.1) is 34.0 Å². The molecule has 0 aliphatic carbocycles. The summed E-state index contributed by atoms with van der Waals surface area (Å²) >= 11 is 4.43. The zero-order valence-electron chi connectivity index (χ0n) is 12.3. The van der Waals surface area contributed by atoms with Gasteiger partial charge in [0.2, 0.25) is 0 Å². The summed E-state index contributed by atoms with van der Waals surface area (Å²) in [5.41, 5.74) is 0.547. The van der Waals surface area contributed by atoms with Crippen molar-refractivity contribution >= 4 is 45.9 Å². The summed E-state index contributed by atoms with van der Waals surface area (Å²) in [6.45, 7) is 0. The highest BCUT2D eigenvalue weighted by Crippen LogP contribution is 2.45. The fraction of sp³-hybridized carbons (Fsp3) is 0.125. The molecular formula is C16H12O4S3. The zero-order chi connectivity index (χ0) is 16.4. The third kappa shape index (κ3) is 2.83. The molecule has 0 aromatic carbocycles. The molecule has 0 aliphatic heterocycles. The Morgan fingerprint density at radius 1 is 0.826 bits per heavy atom. The van der Waals surface area contributed by atoms with Crippen LogP contribution in [0, 0.1) is 0 Å². The van der Waals surface area contributed by atoms with Crippen LogP contribution in [-0.4, -0.2) is 26.2 Å². The first-order chi connectivity index (χ1) is 11.2. The van der Waals surface area contributed by atoms with Crippen molar-refractivity contribution in [3.05, 3.63) is 46.2 Å². The molecule has 0 aliphatic rings. The van der Waals surface area contributed by atoms with Gasteiger partial charge in [0.05, 0.1) is 35.1 Å². The molecule has 0 bridgehead atoms. The van der Waals surface area contributed by atoms with Gasteiger partial charge in [-0.25, -0.2) is 9.59 Å². The second-order valence-electron chi connectivity index (χ2n) is 4.45. The summed E-state index contributed by atoms with van der Waals surface area (Å²) in [5.74, 6) is -1.07. The van der Waals surface area contributed by atoms with E-state index in [-0.39, 0.29) is 11.1 Å². The van der Waals surface area contributed by atoms with Crippen LogP contribution in [-0.2, 0) is 9.47 Å². The van der Waals surface area contributed by atoms with Gasteiger partial charge in [0.15, 0.2) is 0 Å². The molecule has 0 saturated heterocycles. The SMILES string of the molecule is COC(=O)c1c(-c2cccs2)sc(-c2cccs2)c1C(=O)OC. The molecular weight excluding hydrogens is 352 g/mol. The standard InChI is InChI=1S/C16H12O4S3/c1-19-15(17)11-12(16(18)20-2)14(10-6-4-8-22-10)23-13(11)9-5-3-7-21-9/h3-8H,1-2H3. The fourth-order valence-corrected chi connectivity index (χ4v) is 5.18. The van der Waals surface area contributed by atoms with E-state index in [0.29, 0.717) is 0 Å². The number of carbonyl (C=O) groups excluding carboxylic acids is 2. The summed E-state index contributed by atoms with van der Waals surface area (Å²) in [4.78, 5) is 28.0. The van der Waals surface area contributed by atoms with Crippen molar-refractivity contribution in [2.75, 3.05) is 14.2 Å². The molecule has 0 fully saturated rings. The first-order valence-corrected chi connectivity index (χ1v) is 9.16. The lowest BCUT2D eigenvalue weighted by Crippen LogP contribution is -2.11. The van der Waals surface area contributed by atoms with Crippen molar-refractivity contribution in [1.82, 2.24) is 0 Å². The Morgan fingerprint density at radius 3 is 1.57 bits per heavy atom. The molecule has 0 radical (unpaired) electrons. The molecule has 0 N–H and O–H groups in total. The predicted molar refractivity (Wildman–Crippen MR) is 93.6 cm³/mol. The van der Waals surface area contributed by atoms with Crippen LogP contribution in [0.4, 0.5) is 0 Å². The van der Waals surface area contributed by atoms with Crippen molar-refractivity contribution in [3.63, 3.8) is 0 Å². The number of methoxy groups -OCH3 is 2. The van der Waals surface area contributed by atoms with Crippen LogP contribution in [0.3, 0.4) is 0 Å². The first-order valence-electron chi connectivity index (χ1n) is 6.58. The van der Waals surface area contributed by atoms with E-state index in [2.05, 4.69) is 0 Å². The fourth-order valence-electron chi connectivity index (χ4n) is 2.19. The molecule has 3 aromatic rings. The van der Waals surface area contributed by atoms with Crippen LogP contribution >= 0.6 is 34.0 Å². The van der Waals surface area contributed by atoms with Crippen LogP contribution in [0.5, 0.6) is 0 Å². The van der Waals surface area contributed by atoms with E-state index in [1.807, 2.05) is 35.0 Å². The molecule has 3 rings (SSSR count). The molecule has 0 saturated carbocycles. The van der Waals surface area contributed by atoms with Crippen molar-refractivity contribution in [1.29, 1.82) is 0 Å². The Morgan fingerprint density at radius 2 is 1.26 bits per heavy atom. The lowest BCUT2D eigenvalue weighted by atomic mass is 10.1. The Bertz CT molecular complexity index is 760. The number of hydrogen-bond donors (Lipinski definition) is 0. The average Bonchev–Trinajstić information content (AvgIpc) is 3.31. The van der Waals surface area contributed by atoms with Gasteiger partial charge in [-0.2, -0.15) is 0 Å². The summed E-state index contributed by atoms with van der Waals surface area (Å²) < 4.78 is 9.82. The van der Waals surface area contributed by atoms with Crippen molar-refractivity contribution < 1.29 is 19.1 Å². The second-order valence-corrected chi connectivity index (χ2v) is 7.36. The number of ether oxygens (including phenoxy) is 2. The van der Waals surface area contributed by atoms with E-state index in [0.717, 1.165) is 19.5 Å². The third-order valence-corrected chi connectivity index (χ3v) is 6.47. The Hall–Kier alpha value is -1.96. The molecule has 0 unspecified atom stereocenters. The van der Waals surface area contributed by atoms with E-state index in [1.165, 1.54) is 48.2 Å². The molecule has 3 heterocycles. The summed E-state index contributed by atoms with van der Waals surface area (Å²) in [5, 5.41) is 3.86. The van der Waals surface area contributed by atoms with Crippen LogP contribution in [0.2, 0.25) is 0 Å². The van der Waals surface area contributed by atoms with E-state index < -0.39 is 11.9 Å². The predicted octanol–water partition coefficient (Wildman–Crippen LogP) is 4.78. The zero-order valence-corrected chi connectivity index (χ0v) is 14.8. The molecule has 118 valence electrons. The van der Waals surface area contributed by atoms with Crippen LogP contribution in [0.1, 0.15) is 20.7 Å². The molecule has 4 nitrogen and oxygen atoms in total. The van der Waals surface area contributed by atoms with Crippen LogP contribution in [0.25, 0.3) is 19.5 Å². The van der Waals surface area contributed by atoms with E-state index >= 15 is 0 Å². The van der Waals surface area contributed by atoms with Gasteiger partial charge in [0.1, 0.15) is 0 Å². The molecule has 0 spiro atoms. The maximum atomic E-state index is 12.3.